The molecule has 36 heavy (non-hydrogen) atoms. The second-order valence-corrected chi connectivity index (χ2v) is 8.55. The molecule has 0 saturated heterocycles. The fourth-order valence-electron chi connectivity index (χ4n) is 4.43. The van der Waals surface area contributed by atoms with Crippen LogP contribution in [0.4, 0.5) is 0 Å². The van der Waals surface area contributed by atoms with E-state index >= 15 is 0 Å². The van der Waals surface area contributed by atoms with Gasteiger partial charge in [0.25, 0.3) is 5.91 Å². The van der Waals surface area contributed by atoms with Crippen molar-refractivity contribution in [1.29, 1.82) is 0 Å². The number of rotatable bonds is 7. The molecular weight excluding hydrogens is 458 g/mol. The third-order valence-corrected chi connectivity index (χ3v) is 6.25. The van der Waals surface area contributed by atoms with Crippen LogP contribution in [-0.4, -0.2) is 45.0 Å². The minimum atomic E-state index is -1.11. The summed E-state index contributed by atoms with van der Waals surface area (Å²) in [4.78, 5) is 35.3. The van der Waals surface area contributed by atoms with Gasteiger partial charge in [-0.1, -0.05) is 30.3 Å². The number of ether oxygens (including phenoxy) is 1. The molecule has 1 aliphatic rings. The van der Waals surface area contributed by atoms with E-state index in [4.69, 9.17) is 9.15 Å². The Hall–Kier alpha value is -4.46. The highest BCUT2D eigenvalue weighted by Crippen LogP contribution is 2.34. The average Bonchev–Trinajstić information content (AvgIpc) is 3.28. The number of nitrogens with zero attached hydrogens (tertiary/aromatic N) is 3. The lowest BCUT2D eigenvalue weighted by Gasteiger charge is -2.34. The summed E-state index contributed by atoms with van der Waals surface area (Å²) >= 11 is 0. The Morgan fingerprint density at radius 3 is 2.67 bits per heavy atom. The number of benzene rings is 2. The van der Waals surface area contributed by atoms with Gasteiger partial charge in [0.05, 0.1) is 12.3 Å². The number of carboxylic acid groups (broad SMARTS) is 1. The smallest absolute Gasteiger partial charge is 0.331 e. The maximum atomic E-state index is 13.0. The van der Waals surface area contributed by atoms with Crippen LogP contribution in [0.2, 0.25) is 0 Å². The maximum Gasteiger partial charge on any atom is 0.331 e. The number of carboxylic acids is 1. The van der Waals surface area contributed by atoms with E-state index in [0.29, 0.717) is 43.2 Å². The molecule has 1 amide bonds. The van der Waals surface area contributed by atoms with Crippen molar-refractivity contribution < 1.29 is 23.8 Å². The van der Waals surface area contributed by atoms with E-state index in [1.54, 1.807) is 24.3 Å². The van der Waals surface area contributed by atoms with Crippen molar-refractivity contribution in [3.05, 3.63) is 101 Å². The summed E-state index contributed by atoms with van der Waals surface area (Å²) in [6.45, 7) is 2.52. The van der Waals surface area contributed by atoms with Crippen molar-refractivity contribution >= 4 is 11.9 Å². The molecule has 4 aromatic rings. The van der Waals surface area contributed by atoms with E-state index < -0.39 is 17.9 Å². The molecule has 5 rings (SSSR count). The van der Waals surface area contributed by atoms with Crippen LogP contribution in [0.1, 0.15) is 39.1 Å². The third kappa shape index (κ3) is 4.70. The fraction of sp³-hybridized carbons (Fsp3) is 0.214. The lowest BCUT2D eigenvalue weighted by atomic mass is 9.92. The van der Waals surface area contributed by atoms with E-state index in [1.165, 1.54) is 11.1 Å². The summed E-state index contributed by atoms with van der Waals surface area (Å²) in [5, 5.41) is 10.0. The SMILES string of the molecule is Cc1oc(-c2ccccc2)nc1CCOc1ccc2c(c1)C(C(=O)O)N(C(=O)c1ccccn1)CC2. The normalized spacial score (nSPS) is 14.8. The molecule has 2 aromatic heterocycles. The zero-order chi connectivity index (χ0) is 25.1. The van der Waals surface area contributed by atoms with Crippen LogP contribution in [0.3, 0.4) is 0 Å². The van der Waals surface area contributed by atoms with Crippen LogP contribution in [0.15, 0.2) is 77.3 Å². The first-order chi connectivity index (χ1) is 17.5. The van der Waals surface area contributed by atoms with E-state index in [-0.39, 0.29) is 5.69 Å². The van der Waals surface area contributed by atoms with Gasteiger partial charge < -0.3 is 19.2 Å². The van der Waals surface area contributed by atoms with E-state index in [9.17, 15) is 14.7 Å². The Morgan fingerprint density at radius 2 is 1.92 bits per heavy atom. The summed E-state index contributed by atoms with van der Waals surface area (Å²) in [6, 6.07) is 19.0. The van der Waals surface area contributed by atoms with Crippen molar-refractivity contribution in [3.63, 3.8) is 0 Å². The standard InChI is InChI=1S/C28H25N3O5/c1-18-23(30-26(36-18)20-7-3-2-4-8-20)13-16-35-21-11-10-19-12-15-31(25(28(33)34)22(19)17-21)27(32)24-9-5-6-14-29-24/h2-11,14,17,25H,12-13,15-16H2,1H3,(H,33,34). The number of hydrogen-bond donors (Lipinski definition) is 1. The molecule has 0 aliphatic carbocycles. The predicted molar refractivity (Wildman–Crippen MR) is 132 cm³/mol. The molecule has 1 atom stereocenters. The maximum absolute atomic E-state index is 13.0. The van der Waals surface area contributed by atoms with Crippen molar-refractivity contribution in [2.24, 2.45) is 0 Å². The van der Waals surface area contributed by atoms with E-state index in [1.807, 2.05) is 49.4 Å². The number of aliphatic carboxylic acids is 1. The lowest BCUT2D eigenvalue weighted by molar-refractivity contribution is -0.143. The van der Waals surface area contributed by atoms with Crippen LogP contribution in [0.25, 0.3) is 11.5 Å². The number of carbonyl (C=O) groups excluding carboxylic acids is 1. The first-order valence-corrected chi connectivity index (χ1v) is 11.7. The van der Waals surface area contributed by atoms with Gasteiger partial charge in [0.2, 0.25) is 5.89 Å². The highest BCUT2D eigenvalue weighted by molar-refractivity contribution is 5.95. The minimum Gasteiger partial charge on any atom is -0.493 e. The van der Waals surface area contributed by atoms with Gasteiger partial charge in [0.1, 0.15) is 17.2 Å². The van der Waals surface area contributed by atoms with Crippen LogP contribution < -0.4 is 4.74 Å². The van der Waals surface area contributed by atoms with E-state index in [0.717, 1.165) is 22.6 Å². The molecule has 8 heteroatoms. The molecule has 0 bridgehead atoms. The zero-order valence-electron chi connectivity index (χ0n) is 19.8. The van der Waals surface area contributed by atoms with E-state index in [2.05, 4.69) is 9.97 Å². The second kappa shape index (κ2) is 10.0. The minimum absolute atomic E-state index is 0.220. The summed E-state index contributed by atoms with van der Waals surface area (Å²) in [6.07, 6.45) is 2.61. The number of aryl methyl sites for hydroxylation is 1. The molecule has 0 radical (unpaired) electrons. The summed E-state index contributed by atoms with van der Waals surface area (Å²) in [5.41, 5.74) is 3.38. The Labute approximate surface area is 208 Å². The van der Waals surface area contributed by atoms with Crippen molar-refractivity contribution in [2.75, 3.05) is 13.2 Å². The average molecular weight is 484 g/mol. The Kier molecular flexibility index (Phi) is 6.49. The zero-order valence-corrected chi connectivity index (χ0v) is 19.8. The fourth-order valence-corrected chi connectivity index (χ4v) is 4.43. The van der Waals surface area contributed by atoms with Crippen LogP contribution in [0, 0.1) is 6.92 Å². The molecule has 1 aliphatic heterocycles. The van der Waals surface area contributed by atoms with Gasteiger partial charge in [0, 0.05) is 24.7 Å². The topological polar surface area (TPSA) is 106 Å². The molecule has 2 aromatic carbocycles. The summed E-state index contributed by atoms with van der Waals surface area (Å²) in [5.74, 6) is 0.340. The van der Waals surface area contributed by atoms with Crippen LogP contribution >= 0.6 is 0 Å². The number of fused-ring (bicyclic) bond motifs is 1. The van der Waals surface area contributed by atoms with Gasteiger partial charge in [-0.15, -0.1) is 0 Å². The second-order valence-electron chi connectivity index (χ2n) is 8.55. The van der Waals surface area contributed by atoms with Crippen molar-refractivity contribution in [2.45, 2.75) is 25.8 Å². The number of pyridine rings is 1. The monoisotopic (exact) mass is 483 g/mol. The molecule has 3 heterocycles. The lowest BCUT2D eigenvalue weighted by Crippen LogP contribution is -2.43. The highest BCUT2D eigenvalue weighted by Gasteiger charge is 2.37. The number of oxazole rings is 1. The molecule has 1 N–H and O–H groups in total. The Bertz CT molecular complexity index is 1390. The van der Waals surface area contributed by atoms with Gasteiger partial charge in [-0.3, -0.25) is 9.78 Å². The van der Waals surface area contributed by atoms with Gasteiger partial charge in [-0.05, 0) is 60.9 Å². The van der Waals surface area contributed by atoms with Crippen molar-refractivity contribution in [3.8, 4) is 17.2 Å². The summed E-state index contributed by atoms with van der Waals surface area (Å²) in [7, 11) is 0. The number of amides is 1. The Morgan fingerprint density at radius 1 is 1.11 bits per heavy atom. The molecule has 8 nitrogen and oxygen atoms in total. The Balaban J connectivity index is 1.31. The van der Waals surface area contributed by atoms with Gasteiger partial charge >= 0.3 is 5.97 Å². The molecule has 0 spiro atoms. The van der Waals surface area contributed by atoms with Gasteiger partial charge in [-0.2, -0.15) is 0 Å². The van der Waals surface area contributed by atoms with Gasteiger partial charge in [-0.25, -0.2) is 9.78 Å². The quantitative estimate of drug-likeness (QED) is 0.413. The van der Waals surface area contributed by atoms with Gasteiger partial charge in [0.15, 0.2) is 6.04 Å². The first kappa shape index (κ1) is 23.3. The molecular formula is C28H25N3O5. The molecule has 182 valence electrons. The third-order valence-electron chi connectivity index (χ3n) is 6.25. The molecule has 1 unspecified atom stereocenters. The number of hydrogen-bond acceptors (Lipinski definition) is 6. The number of aromatic nitrogens is 2. The highest BCUT2D eigenvalue weighted by atomic mass is 16.5. The largest absolute Gasteiger partial charge is 0.493 e. The van der Waals surface area contributed by atoms with Crippen LogP contribution in [-0.2, 0) is 17.6 Å². The number of carbonyl (C=O) groups is 2. The predicted octanol–water partition coefficient (Wildman–Crippen LogP) is 4.49. The van der Waals surface area contributed by atoms with Crippen molar-refractivity contribution in [1.82, 2.24) is 14.9 Å². The first-order valence-electron chi connectivity index (χ1n) is 11.7. The molecule has 0 saturated carbocycles. The summed E-state index contributed by atoms with van der Waals surface area (Å²) < 4.78 is 11.8. The molecule has 0 fully saturated rings. The van der Waals surface area contributed by atoms with Crippen LogP contribution in [0.5, 0.6) is 5.75 Å².